The lowest BCUT2D eigenvalue weighted by Crippen LogP contribution is -2.32. The minimum atomic E-state index is -0.376. The van der Waals surface area contributed by atoms with Crippen molar-refractivity contribution in [3.8, 4) is 11.5 Å². The van der Waals surface area contributed by atoms with E-state index in [-0.39, 0.29) is 18.4 Å². The molecule has 6 nitrogen and oxygen atoms in total. The van der Waals surface area contributed by atoms with Crippen LogP contribution in [0, 0.1) is 0 Å². The van der Waals surface area contributed by atoms with Gasteiger partial charge in [-0.15, -0.1) is 0 Å². The quantitative estimate of drug-likeness (QED) is 0.508. The van der Waals surface area contributed by atoms with Crippen LogP contribution in [0.1, 0.15) is 10.4 Å². The number of hydrogen-bond acceptors (Lipinski definition) is 4. The summed E-state index contributed by atoms with van der Waals surface area (Å²) < 4.78 is 11.2. The highest BCUT2D eigenvalue weighted by molar-refractivity contribution is 6.07. The number of ether oxygens (including phenoxy) is 1. The van der Waals surface area contributed by atoms with Gasteiger partial charge < -0.3 is 19.8 Å². The first kappa shape index (κ1) is 18.3. The molecule has 0 fully saturated rings. The minimum Gasteiger partial charge on any atom is -0.463 e. The average molecular weight is 386 g/mol. The molecule has 2 amide bonds. The molecule has 0 radical (unpaired) electrons. The smallest absolute Gasteiger partial charge is 0.255 e. The van der Waals surface area contributed by atoms with Gasteiger partial charge in [0.15, 0.2) is 5.75 Å². The fraction of sp³-hybridized carbons (Fsp3) is 0.0435. The Morgan fingerprint density at radius 1 is 0.862 bits per heavy atom. The highest BCUT2D eigenvalue weighted by Crippen LogP contribution is 2.29. The largest absolute Gasteiger partial charge is 0.463 e. The summed E-state index contributed by atoms with van der Waals surface area (Å²) in [5, 5.41) is 6.08. The zero-order chi connectivity index (χ0) is 20.1. The monoisotopic (exact) mass is 386 g/mol. The zero-order valence-electron chi connectivity index (χ0n) is 15.4. The molecule has 2 N–H and O–H groups in total. The van der Waals surface area contributed by atoms with E-state index in [0.29, 0.717) is 33.7 Å². The molecule has 0 aliphatic carbocycles. The van der Waals surface area contributed by atoms with Gasteiger partial charge in [-0.3, -0.25) is 9.59 Å². The van der Waals surface area contributed by atoms with Crippen molar-refractivity contribution in [1.82, 2.24) is 5.32 Å². The summed E-state index contributed by atoms with van der Waals surface area (Å²) in [6.07, 6.45) is 1.39. The topological polar surface area (TPSA) is 80.6 Å². The van der Waals surface area contributed by atoms with Gasteiger partial charge in [-0.2, -0.15) is 0 Å². The maximum atomic E-state index is 12.4. The summed E-state index contributed by atoms with van der Waals surface area (Å²) in [4.78, 5) is 24.8. The Balaban J connectivity index is 1.39. The van der Waals surface area contributed by atoms with Crippen LogP contribution < -0.4 is 15.4 Å². The highest BCUT2D eigenvalue weighted by Gasteiger charge is 2.15. The molecular formula is C23H18N2O4. The summed E-state index contributed by atoms with van der Waals surface area (Å²) in [5.41, 5.74) is 1.53. The van der Waals surface area contributed by atoms with Crippen LogP contribution in [-0.4, -0.2) is 18.4 Å². The number of benzene rings is 3. The summed E-state index contributed by atoms with van der Waals surface area (Å²) in [7, 11) is 0. The second-order valence-corrected chi connectivity index (χ2v) is 6.29. The Morgan fingerprint density at radius 3 is 2.45 bits per heavy atom. The van der Waals surface area contributed by atoms with E-state index in [2.05, 4.69) is 10.6 Å². The van der Waals surface area contributed by atoms with Crippen molar-refractivity contribution in [2.24, 2.45) is 0 Å². The van der Waals surface area contributed by atoms with Crippen molar-refractivity contribution < 1.29 is 18.7 Å². The molecule has 0 aliphatic rings. The predicted molar refractivity (Wildman–Crippen MR) is 110 cm³/mol. The molecule has 4 rings (SSSR count). The van der Waals surface area contributed by atoms with Gasteiger partial charge in [-0.25, -0.2) is 0 Å². The third kappa shape index (κ3) is 4.27. The van der Waals surface area contributed by atoms with E-state index in [9.17, 15) is 9.59 Å². The van der Waals surface area contributed by atoms with Crippen molar-refractivity contribution in [2.75, 3.05) is 11.9 Å². The van der Waals surface area contributed by atoms with Crippen LogP contribution in [0.3, 0.4) is 0 Å². The fourth-order valence-corrected chi connectivity index (χ4v) is 2.88. The lowest BCUT2D eigenvalue weighted by atomic mass is 10.1. The van der Waals surface area contributed by atoms with Gasteiger partial charge in [-0.05, 0) is 30.3 Å². The van der Waals surface area contributed by atoms with Crippen molar-refractivity contribution in [1.29, 1.82) is 0 Å². The predicted octanol–water partition coefficient (Wildman–Crippen LogP) is 4.59. The number of fused-ring (bicyclic) bond motifs is 1. The normalized spacial score (nSPS) is 10.5. The molecule has 0 unspecified atom stereocenters. The number of rotatable bonds is 6. The molecule has 1 heterocycles. The second-order valence-electron chi connectivity index (χ2n) is 6.29. The van der Waals surface area contributed by atoms with Gasteiger partial charge in [0.25, 0.3) is 5.91 Å². The van der Waals surface area contributed by atoms with Crippen LogP contribution in [-0.2, 0) is 4.79 Å². The maximum absolute atomic E-state index is 12.4. The number of amides is 2. The Bertz CT molecular complexity index is 1150. The fourth-order valence-electron chi connectivity index (χ4n) is 2.88. The Labute approximate surface area is 167 Å². The molecule has 0 saturated heterocycles. The maximum Gasteiger partial charge on any atom is 0.255 e. The molecule has 0 atom stereocenters. The number of carbonyl (C=O) groups excluding carboxylic acids is 2. The van der Waals surface area contributed by atoms with Crippen LogP contribution in [0.5, 0.6) is 11.5 Å². The lowest BCUT2D eigenvalue weighted by molar-refractivity contribution is -0.115. The summed E-state index contributed by atoms with van der Waals surface area (Å²) in [6, 6.07) is 23.6. The molecule has 0 spiro atoms. The molecule has 29 heavy (non-hydrogen) atoms. The van der Waals surface area contributed by atoms with Crippen LogP contribution in [0.2, 0.25) is 0 Å². The average Bonchev–Trinajstić information content (AvgIpc) is 3.18. The number of hydrogen-bond donors (Lipinski definition) is 2. The lowest BCUT2D eigenvalue weighted by Gasteiger charge is -2.12. The highest BCUT2D eigenvalue weighted by atomic mass is 16.5. The second kappa shape index (κ2) is 8.31. The number of carbonyl (C=O) groups is 2. The first-order valence-electron chi connectivity index (χ1n) is 9.07. The van der Waals surface area contributed by atoms with E-state index in [0.717, 1.165) is 0 Å². The molecule has 1 aromatic heterocycles. The summed E-state index contributed by atoms with van der Waals surface area (Å²) in [6.45, 7) is -0.183. The van der Waals surface area contributed by atoms with Crippen molar-refractivity contribution in [2.45, 2.75) is 0 Å². The van der Waals surface area contributed by atoms with E-state index in [1.807, 2.05) is 48.5 Å². The molecule has 0 saturated carbocycles. The Morgan fingerprint density at radius 2 is 1.59 bits per heavy atom. The molecule has 0 aliphatic heterocycles. The standard InChI is InChI=1S/C23H18N2O4/c26-22(14-24-23(27)18-15-28-20-12-6-4-10-17(18)20)25-19-11-5-7-13-21(19)29-16-8-2-1-3-9-16/h1-13,15H,14H2,(H,24,27)(H,25,26). The van der Waals surface area contributed by atoms with Crippen molar-refractivity contribution >= 4 is 28.5 Å². The van der Waals surface area contributed by atoms with Crippen LogP contribution in [0.25, 0.3) is 11.0 Å². The first-order chi connectivity index (χ1) is 14.2. The molecule has 144 valence electrons. The third-order valence-electron chi connectivity index (χ3n) is 4.27. The first-order valence-corrected chi connectivity index (χ1v) is 9.07. The minimum absolute atomic E-state index is 0.183. The summed E-state index contributed by atoms with van der Waals surface area (Å²) in [5.74, 6) is 0.433. The van der Waals surface area contributed by atoms with E-state index in [4.69, 9.17) is 9.15 Å². The number of furan rings is 1. The van der Waals surface area contributed by atoms with Gasteiger partial charge in [0.1, 0.15) is 17.6 Å². The number of anilines is 1. The molecule has 4 aromatic rings. The van der Waals surface area contributed by atoms with E-state index in [1.165, 1.54) is 6.26 Å². The zero-order valence-corrected chi connectivity index (χ0v) is 15.4. The number of para-hydroxylation sites is 4. The van der Waals surface area contributed by atoms with Crippen molar-refractivity contribution in [3.05, 3.63) is 90.7 Å². The van der Waals surface area contributed by atoms with E-state index >= 15 is 0 Å². The molecular weight excluding hydrogens is 368 g/mol. The van der Waals surface area contributed by atoms with Gasteiger partial charge in [0.05, 0.1) is 17.8 Å². The Kier molecular flexibility index (Phi) is 5.25. The molecule has 3 aromatic carbocycles. The van der Waals surface area contributed by atoms with Crippen LogP contribution in [0.4, 0.5) is 5.69 Å². The molecule has 6 heteroatoms. The van der Waals surface area contributed by atoms with Gasteiger partial charge in [0, 0.05) is 5.39 Å². The van der Waals surface area contributed by atoms with Gasteiger partial charge in [-0.1, -0.05) is 48.5 Å². The molecule has 0 bridgehead atoms. The van der Waals surface area contributed by atoms with Crippen LogP contribution in [0.15, 0.2) is 89.5 Å². The van der Waals surface area contributed by atoms with Gasteiger partial charge >= 0.3 is 0 Å². The van der Waals surface area contributed by atoms with Crippen molar-refractivity contribution in [3.63, 3.8) is 0 Å². The Hall–Kier alpha value is -4.06. The van der Waals surface area contributed by atoms with E-state index in [1.54, 1.807) is 30.3 Å². The number of nitrogens with one attached hydrogen (secondary N) is 2. The van der Waals surface area contributed by atoms with Gasteiger partial charge in [0.2, 0.25) is 5.91 Å². The third-order valence-corrected chi connectivity index (χ3v) is 4.27. The van der Waals surface area contributed by atoms with E-state index < -0.39 is 0 Å². The van der Waals surface area contributed by atoms with Crippen LogP contribution >= 0.6 is 0 Å². The summed E-state index contributed by atoms with van der Waals surface area (Å²) >= 11 is 0. The SMILES string of the molecule is O=C(CNC(=O)c1coc2ccccc12)Nc1ccccc1Oc1ccccc1.